The van der Waals surface area contributed by atoms with E-state index >= 15 is 0 Å². The van der Waals surface area contributed by atoms with Crippen LogP contribution in [0, 0.1) is 6.92 Å². The number of benzene rings is 2. The lowest BCUT2D eigenvalue weighted by atomic mass is 10.1. The van der Waals surface area contributed by atoms with Gasteiger partial charge in [-0.1, -0.05) is 23.8 Å². The molecule has 0 aliphatic carbocycles. The van der Waals surface area contributed by atoms with Crippen LogP contribution in [0.3, 0.4) is 0 Å². The van der Waals surface area contributed by atoms with E-state index < -0.39 is 0 Å². The topological polar surface area (TPSA) is 76.5 Å². The number of hydrogen-bond donors (Lipinski definition) is 1. The Kier molecular flexibility index (Phi) is 4.92. The maximum absolute atomic E-state index is 4.80. The first-order valence-electron chi connectivity index (χ1n) is 8.74. The third-order valence-electron chi connectivity index (χ3n) is 4.13. The highest BCUT2D eigenvalue weighted by atomic mass is 32.2. The Morgan fingerprint density at radius 2 is 1.97 bits per heavy atom. The molecule has 5 rings (SSSR count). The minimum absolute atomic E-state index is 0.667. The minimum Gasteiger partial charge on any atom is -0.315 e. The maximum Gasteiger partial charge on any atom is 0.207 e. The fourth-order valence-electron chi connectivity index (χ4n) is 2.83. The number of nitrogens with zero attached hydrogens (tertiary/aromatic N) is 5. The fraction of sp³-hybridized carbons (Fsp3) is 0.0500. The summed E-state index contributed by atoms with van der Waals surface area (Å²) in [6.07, 6.45) is 1.52. The van der Waals surface area contributed by atoms with Gasteiger partial charge in [-0.05, 0) is 43.0 Å². The van der Waals surface area contributed by atoms with Crippen LogP contribution < -0.4 is 5.32 Å². The van der Waals surface area contributed by atoms with Gasteiger partial charge in [-0.25, -0.2) is 19.9 Å². The van der Waals surface area contributed by atoms with Crippen LogP contribution in [-0.4, -0.2) is 24.3 Å². The SMILES string of the molecule is Cc1cccc(-c2cc(Nc3ncns3)nc(Sc3ccc4ncsc4c3)n2)c1. The molecule has 142 valence electrons. The molecule has 3 aromatic heterocycles. The fourth-order valence-corrected chi connectivity index (χ4v) is 4.87. The van der Waals surface area contributed by atoms with E-state index in [4.69, 9.17) is 4.98 Å². The van der Waals surface area contributed by atoms with Gasteiger partial charge in [0.05, 0.1) is 21.4 Å². The van der Waals surface area contributed by atoms with Crippen molar-refractivity contribution in [2.24, 2.45) is 0 Å². The molecule has 0 saturated heterocycles. The van der Waals surface area contributed by atoms with Gasteiger partial charge >= 0.3 is 0 Å². The largest absolute Gasteiger partial charge is 0.315 e. The number of anilines is 2. The zero-order valence-electron chi connectivity index (χ0n) is 15.2. The highest BCUT2D eigenvalue weighted by Gasteiger charge is 2.11. The third kappa shape index (κ3) is 4.12. The number of thiazole rings is 1. The summed E-state index contributed by atoms with van der Waals surface area (Å²) in [5.41, 5.74) is 5.96. The molecule has 0 radical (unpaired) electrons. The molecule has 0 fully saturated rings. The monoisotopic (exact) mass is 434 g/mol. The van der Waals surface area contributed by atoms with E-state index in [1.54, 1.807) is 11.3 Å². The summed E-state index contributed by atoms with van der Waals surface area (Å²) >= 11 is 4.45. The second kappa shape index (κ2) is 7.86. The standard InChI is InChI=1S/C20H14N6S3/c1-12-3-2-4-13(7-12)16-9-18(25-19-21-10-23-29-19)26-20(24-16)28-14-5-6-15-17(8-14)27-11-22-15/h2-11H,1H3,(H,21,23,24,25,26). The maximum atomic E-state index is 4.80. The van der Waals surface area contributed by atoms with Crippen molar-refractivity contribution in [1.82, 2.24) is 24.3 Å². The van der Waals surface area contributed by atoms with Crippen molar-refractivity contribution < 1.29 is 0 Å². The predicted octanol–water partition coefficient (Wildman–Crippen LogP) is 5.81. The number of nitrogens with one attached hydrogen (secondary N) is 1. The lowest BCUT2D eigenvalue weighted by Gasteiger charge is -2.09. The van der Waals surface area contributed by atoms with E-state index in [-0.39, 0.29) is 0 Å². The zero-order chi connectivity index (χ0) is 19.6. The van der Waals surface area contributed by atoms with Gasteiger partial charge in [0.2, 0.25) is 5.13 Å². The first-order chi connectivity index (χ1) is 14.2. The Bertz CT molecular complexity index is 1280. The number of aryl methyl sites for hydroxylation is 1. The van der Waals surface area contributed by atoms with Gasteiger partial charge in [0, 0.05) is 28.1 Å². The van der Waals surface area contributed by atoms with Crippen molar-refractivity contribution in [2.75, 3.05) is 5.32 Å². The van der Waals surface area contributed by atoms with Gasteiger partial charge in [-0.3, -0.25) is 0 Å². The molecule has 0 spiro atoms. The van der Waals surface area contributed by atoms with Gasteiger partial charge < -0.3 is 5.32 Å². The Balaban J connectivity index is 1.54. The summed E-state index contributed by atoms with van der Waals surface area (Å²) in [6, 6.07) is 16.4. The van der Waals surface area contributed by atoms with Crippen LogP contribution >= 0.6 is 34.6 Å². The highest BCUT2D eigenvalue weighted by molar-refractivity contribution is 7.99. The third-order valence-corrected chi connectivity index (χ3v) is 6.35. The molecule has 0 aliphatic heterocycles. The average molecular weight is 435 g/mol. The molecule has 0 unspecified atom stereocenters. The van der Waals surface area contributed by atoms with Crippen molar-refractivity contribution in [3.05, 3.63) is 65.9 Å². The molecule has 6 nitrogen and oxygen atoms in total. The van der Waals surface area contributed by atoms with Crippen molar-refractivity contribution in [2.45, 2.75) is 17.0 Å². The molecular weight excluding hydrogens is 420 g/mol. The normalized spacial score (nSPS) is 11.1. The molecule has 9 heteroatoms. The van der Waals surface area contributed by atoms with Crippen molar-refractivity contribution in [1.29, 1.82) is 0 Å². The molecule has 1 N–H and O–H groups in total. The van der Waals surface area contributed by atoms with Crippen LogP contribution in [0.1, 0.15) is 5.56 Å². The Morgan fingerprint density at radius 1 is 1.00 bits per heavy atom. The summed E-state index contributed by atoms with van der Waals surface area (Å²) in [4.78, 5) is 19.1. The lowest BCUT2D eigenvalue weighted by Crippen LogP contribution is -1.98. The molecule has 0 saturated carbocycles. The van der Waals surface area contributed by atoms with Crippen LogP contribution in [0.4, 0.5) is 10.9 Å². The summed E-state index contributed by atoms with van der Waals surface area (Å²) in [5.74, 6) is 0.689. The van der Waals surface area contributed by atoms with Crippen LogP contribution in [0.15, 0.2) is 70.4 Å². The van der Waals surface area contributed by atoms with Gasteiger partial charge in [0.15, 0.2) is 5.16 Å². The quantitative estimate of drug-likeness (QED) is 0.350. The van der Waals surface area contributed by atoms with Crippen LogP contribution in [-0.2, 0) is 0 Å². The summed E-state index contributed by atoms with van der Waals surface area (Å²) in [7, 11) is 0. The molecule has 0 aliphatic rings. The summed E-state index contributed by atoms with van der Waals surface area (Å²) in [5, 5.41) is 4.59. The van der Waals surface area contributed by atoms with E-state index in [1.807, 2.05) is 29.8 Å². The summed E-state index contributed by atoms with van der Waals surface area (Å²) in [6.45, 7) is 2.07. The number of aromatic nitrogens is 5. The highest BCUT2D eigenvalue weighted by Crippen LogP contribution is 2.32. The average Bonchev–Trinajstić information content (AvgIpc) is 3.39. The molecule has 0 atom stereocenters. The van der Waals surface area contributed by atoms with E-state index in [0.717, 1.165) is 26.4 Å². The van der Waals surface area contributed by atoms with Gasteiger partial charge in [-0.2, -0.15) is 4.37 Å². The molecule has 3 heterocycles. The van der Waals surface area contributed by atoms with Gasteiger partial charge in [-0.15, -0.1) is 11.3 Å². The van der Waals surface area contributed by atoms with Crippen molar-refractivity contribution in [3.63, 3.8) is 0 Å². The van der Waals surface area contributed by atoms with Crippen LogP contribution in [0.2, 0.25) is 0 Å². The summed E-state index contributed by atoms with van der Waals surface area (Å²) < 4.78 is 5.19. The first-order valence-corrected chi connectivity index (χ1v) is 11.2. The number of hydrogen-bond acceptors (Lipinski definition) is 9. The molecule has 29 heavy (non-hydrogen) atoms. The van der Waals surface area contributed by atoms with Crippen molar-refractivity contribution >= 4 is 55.8 Å². The molecule has 2 aromatic carbocycles. The van der Waals surface area contributed by atoms with E-state index in [1.165, 1.54) is 35.2 Å². The minimum atomic E-state index is 0.667. The van der Waals surface area contributed by atoms with E-state index in [9.17, 15) is 0 Å². The first kappa shape index (κ1) is 18.2. The second-order valence-electron chi connectivity index (χ2n) is 6.25. The number of rotatable bonds is 5. The van der Waals surface area contributed by atoms with Crippen LogP contribution in [0.25, 0.3) is 21.5 Å². The smallest absolute Gasteiger partial charge is 0.207 e. The van der Waals surface area contributed by atoms with E-state index in [2.05, 4.69) is 55.8 Å². The lowest BCUT2D eigenvalue weighted by molar-refractivity contribution is 0.977. The Labute approximate surface area is 179 Å². The molecule has 0 amide bonds. The molecular formula is C20H14N6S3. The predicted molar refractivity (Wildman–Crippen MR) is 119 cm³/mol. The Hall–Kier alpha value is -2.88. The Morgan fingerprint density at radius 3 is 2.83 bits per heavy atom. The zero-order valence-corrected chi connectivity index (χ0v) is 17.7. The van der Waals surface area contributed by atoms with Gasteiger partial charge in [0.25, 0.3) is 0 Å². The second-order valence-corrected chi connectivity index (χ2v) is 8.95. The number of fused-ring (bicyclic) bond motifs is 1. The molecule has 5 aromatic rings. The van der Waals surface area contributed by atoms with Crippen LogP contribution in [0.5, 0.6) is 0 Å². The van der Waals surface area contributed by atoms with Gasteiger partial charge in [0.1, 0.15) is 12.1 Å². The van der Waals surface area contributed by atoms with E-state index in [0.29, 0.717) is 16.1 Å². The van der Waals surface area contributed by atoms with Crippen molar-refractivity contribution in [3.8, 4) is 11.3 Å². The molecule has 0 bridgehead atoms.